The van der Waals surface area contributed by atoms with Gasteiger partial charge in [-0.15, -0.1) is 34.5 Å². The summed E-state index contributed by atoms with van der Waals surface area (Å²) in [5.41, 5.74) is 1.01. The van der Waals surface area contributed by atoms with E-state index < -0.39 is 9.75 Å². The summed E-state index contributed by atoms with van der Waals surface area (Å²) in [5, 5.41) is 5.21. The van der Waals surface area contributed by atoms with Crippen molar-refractivity contribution in [2.75, 3.05) is 12.4 Å². The van der Waals surface area contributed by atoms with Crippen molar-refractivity contribution in [2.24, 2.45) is 5.41 Å². The van der Waals surface area contributed by atoms with E-state index in [-0.39, 0.29) is 5.91 Å². The van der Waals surface area contributed by atoms with E-state index in [2.05, 4.69) is 10.3 Å². The number of carbonyl (C=O) groups excluding carboxylic acids is 1. The van der Waals surface area contributed by atoms with E-state index in [0.717, 1.165) is 17.0 Å². The van der Waals surface area contributed by atoms with Crippen LogP contribution in [0.3, 0.4) is 0 Å². The molecule has 22 heavy (non-hydrogen) atoms. The third-order valence-corrected chi connectivity index (χ3v) is 5.73. The molecule has 0 radical (unpaired) electrons. The number of thiazole rings is 1. The Kier molecular flexibility index (Phi) is 3.83. The Balaban J connectivity index is 1.72. The second-order valence-corrected chi connectivity index (χ2v) is 7.78. The molecule has 2 aromatic rings. The van der Waals surface area contributed by atoms with Gasteiger partial charge in [-0.3, -0.25) is 4.79 Å². The third-order valence-electron chi connectivity index (χ3n) is 3.87. The van der Waals surface area contributed by atoms with Gasteiger partial charge in [0.2, 0.25) is 5.91 Å². The summed E-state index contributed by atoms with van der Waals surface area (Å²) in [6, 6.07) is 7.58. The number of nitrogens with one attached hydrogen (secondary N) is 1. The average Bonchev–Trinajstić information content (AvgIpc) is 2.85. The zero-order chi connectivity index (χ0) is 16.0. The lowest BCUT2D eigenvalue weighted by atomic mass is 10.1. The van der Waals surface area contributed by atoms with Crippen molar-refractivity contribution in [2.45, 2.75) is 17.7 Å². The van der Waals surface area contributed by atoms with E-state index in [1.807, 2.05) is 29.6 Å². The predicted octanol–water partition coefficient (Wildman–Crippen LogP) is 4.34. The lowest BCUT2D eigenvalue weighted by Crippen LogP contribution is -2.25. The lowest BCUT2D eigenvalue weighted by Gasteiger charge is -2.10. The Morgan fingerprint density at radius 1 is 1.36 bits per heavy atom. The summed E-state index contributed by atoms with van der Waals surface area (Å²) in [6.45, 7) is 1.75. The molecule has 1 unspecified atom stereocenters. The van der Waals surface area contributed by atoms with Crippen molar-refractivity contribution in [3.8, 4) is 17.0 Å². The summed E-state index contributed by atoms with van der Waals surface area (Å²) < 4.78 is 4.15. The van der Waals surface area contributed by atoms with E-state index in [9.17, 15) is 4.79 Å². The number of benzene rings is 1. The van der Waals surface area contributed by atoms with Gasteiger partial charge in [0.25, 0.3) is 0 Å². The molecular formula is C15H14Cl2N2O2S. The van der Waals surface area contributed by atoms with Crippen molar-refractivity contribution in [3.63, 3.8) is 0 Å². The molecule has 1 amide bonds. The standard InChI is InChI=1S/C15H14Cl2N2O2S/c1-14(8-15(14,16)17)12(20)19-13-18-11(7-22-13)9-3-5-10(21-2)6-4-9/h3-7H,8H2,1-2H3,(H,18,19,20). The number of methoxy groups -OCH3 is 1. The van der Waals surface area contributed by atoms with Crippen LogP contribution in [-0.2, 0) is 4.79 Å². The van der Waals surface area contributed by atoms with Crippen LogP contribution in [0.5, 0.6) is 5.75 Å². The molecule has 1 aromatic heterocycles. The molecule has 0 aliphatic heterocycles. The van der Waals surface area contributed by atoms with Crippen LogP contribution in [0.25, 0.3) is 11.3 Å². The number of halogens is 2. The van der Waals surface area contributed by atoms with Crippen LogP contribution >= 0.6 is 34.5 Å². The summed E-state index contributed by atoms with van der Waals surface area (Å²) in [6.07, 6.45) is 0.450. The van der Waals surface area contributed by atoms with Crippen molar-refractivity contribution < 1.29 is 9.53 Å². The summed E-state index contributed by atoms with van der Waals surface area (Å²) in [5.74, 6) is 0.586. The fourth-order valence-electron chi connectivity index (χ4n) is 2.11. The molecule has 1 aliphatic carbocycles. The van der Waals surface area contributed by atoms with Gasteiger partial charge in [0.15, 0.2) is 5.13 Å². The number of anilines is 1. The molecule has 3 rings (SSSR count). The van der Waals surface area contributed by atoms with E-state index in [0.29, 0.717) is 11.6 Å². The molecule has 1 aromatic carbocycles. The molecule has 1 atom stereocenters. The number of hydrogen-bond donors (Lipinski definition) is 1. The number of rotatable bonds is 4. The molecule has 1 saturated carbocycles. The predicted molar refractivity (Wildman–Crippen MR) is 89.9 cm³/mol. The monoisotopic (exact) mass is 356 g/mol. The average molecular weight is 357 g/mol. The van der Waals surface area contributed by atoms with Crippen LogP contribution in [0.4, 0.5) is 5.13 Å². The zero-order valence-electron chi connectivity index (χ0n) is 12.0. The number of ether oxygens (including phenoxy) is 1. The summed E-state index contributed by atoms with van der Waals surface area (Å²) >= 11 is 13.4. The Hall–Kier alpha value is -1.30. The number of aromatic nitrogens is 1. The molecule has 116 valence electrons. The first-order chi connectivity index (χ1) is 10.4. The number of amides is 1. The van der Waals surface area contributed by atoms with Crippen LogP contribution in [0, 0.1) is 5.41 Å². The second kappa shape index (κ2) is 5.41. The van der Waals surface area contributed by atoms with Gasteiger partial charge >= 0.3 is 0 Å². The molecule has 7 heteroatoms. The third kappa shape index (κ3) is 2.69. The normalized spacial score (nSPS) is 22.2. The van der Waals surface area contributed by atoms with Crippen LogP contribution in [-0.4, -0.2) is 22.3 Å². The van der Waals surface area contributed by atoms with Gasteiger partial charge in [0.05, 0.1) is 18.2 Å². The first-order valence-electron chi connectivity index (χ1n) is 6.65. The van der Waals surface area contributed by atoms with Gasteiger partial charge in [0.1, 0.15) is 10.1 Å². The Morgan fingerprint density at radius 2 is 2.00 bits per heavy atom. The van der Waals surface area contributed by atoms with Crippen LogP contribution in [0.2, 0.25) is 0 Å². The van der Waals surface area contributed by atoms with Crippen molar-refractivity contribution in [3.05, 3.63) is 29.6 Å². The van der Waals surface area contributed by atoms with E-state index in [1.165, 1.54) is 11.3 Å². The van der Waals surface area contributed by atoms with Gasteiger partial charge in [-0.1, -0.05) is 0 Å². The second-order valence-electron chi connectivity index (χ2n) is 5.43. The van der Waals surface area contributed by atoms with Crippen molar-refractivity contribution >= 4 is 45.6 Å². The minimum absolute atomic E-state index is 0.201. The van der Waals surface area contributed by atoms with Crippen molar-refractivity contribution in [1.29, 1.82) is 0 Å². The molecule has 0 bridgehead atoms. The zero-order valence-corrected chi connectivity index (χ0v) is 14.4. The molecule has 1 heterocycles. The first kappa shape index (κ1) is 15.6. The minimum atomic E-state index is -0.979. The largest absolute Gasteiger partial charge is 0.497 e. The highest BCUT2D eigenvalue weighted by Crippen LogP contribution is 2.64. The molecule has 4 nitrogen and oxygen atoms in total. The van der Waals surface area contributed by atoms with Gasteiger partial charge < -0.3 is 10.1 Å². The quantitative estimate of drug-likeness (QED) is 0.828. The smallest absolute Gasteiger partial charge is 0.235 e. The van der Waals surface area contributed by atoms with Crippen molar-refractivity contribution in [1.82, 2.24) is 4.98 Å². The summed E-state index contributed by atoms with van der Waals surface area (Å²) in [4.78, 5) is 16.6. The van der Waals surface area contributed by atoms with Gasteiger partial charge in [-0.25, -0.2) is 4.98 Å². The maximum Gasteiger partial charge on any atom is 0.235 e. The maximum absolute atomic E-state index is 12.2. The maximum atomic E-state index is 12.2. The Bertz CT molecular complexity index is 715. The Labute approximate surface area is 142 Å². The first-order valence-corrected chi connectivity index (χ1v) is 8.28. The van der Waals surface area contributed by atoms with E-state index in [1.54, 1.807) is 14.0 Å². The minimum Gasteiger partial charge on any atom is -0.497 e. The molecular weight excluding hydrogens is 343 g/mol. The fourth-order valence-corrected chi connectivity index (χ4v) is 3.53. The molecule has 1 N–H and O–H groups in total. The summed E-state index contributed by atoms with van der Waals surface area (Å²) in [7, 11) is 1.62. The highest BCUT2D eigenvalue weighted by atomic mass is 35.5. The molecule has 1 aliphatic rings. The molecule has 1 fully saturated rings. The van der Waals surface area contributed by atoms with Gasteiger partial charge in [0, 0.05) is 10.9 Å². The SMILES string of the molecule is COc1ccc(-c2csc(NC(=O)C3(C)CC3(Cl)Cl)n2)cc1. The number of alkyl halides is 2. The van der Waals surface area contributed by atoms with Crippen LogP contribution < -0.4 is 10.1 Å². The molecule has 0 saturated heterocycles. The van der Waals surface area contributed by atoms with Crippen LogP contribution in [0.1, 0.15) is 13.3 Å². The topological polar surface area (TPSA) is 51.2 Å². The van der Waals surface area contributed by atoms with Gasteiger partial charge in [-0.05, 0) is 37.6 Å². The van der Waals surface area contributed by atoms with Gasteiger partial charge in [-0.2, -0.15) is 0 Å². The fraction of sp³-hybridized carbons (Fsp3) is 0.333. The number of hydrogen-bond acceptors (Lipinski definition) is 4. The van der Waals surface area contributed by atoms with E-state index in [4.69, 9.17) is 27.9 Å². The van der Waals surface area contributed by atoms with Crippen LogP contribution in [0.15, 0.2) is 29.6 Å². The highest BCUT2D eigenvalue weighted by molar-refractivity contribution is 7.14. The van der Waals surface area contributed by atoms with E-state index >= 15 is 0 Å². The number of nitrogens with zero attached hydrogens (tertiary/aromatic N) is 1. The Morgan fingerprint density at radius 3 is 2.55 bits per heavy atom. The lowest BCUT2D eigenvalue weighted by molar-refractivity contribution is -0.120. The highest BCUT2D eigenvalue weighted by Gasteiger charge is 2.68. The molecule has 0 spiro atoms. The number of carbonyl (C=O) groups is 1.